The normalized spacial score (nSPS) is 10.9. The minimum Gasteiger partial charge on any atom is -0.338 e. The summed E-state index contributed by atoms with van der Waals surface area (Å²) in [5, 5.41) is 11.8. The van der Waals surface area contributed by atoms with Crippen LogP contribution in [0.15, 0.2) is 95.9 Å². The van der Waals surface area contributed by atoms with E-state index in [4.69, 9.17) is 16.1 Å². The summed E-state index contributed by atoms with van der Waals surface area (Å²) in [6, 6.07) is 22.3. The summed E-state index contributed by atoms with van der Waals surface area (Å²) in [6.45, 7) is 0. The minimum absolute atomic E-state index is 0.214. The van der Waals surface area contributed by atoms with Gasteiger partial charge in [-0.25, -0.2) is 4.68 Å². The number of rotatable bonds is 5. The van der Waals surface area contributed by atoms with Crippen LogP contribution in [0.1, 0.15) is 10.4 Å². The number of para-hydroxylation sites is 1. The highest BCUT2D eigenvalue weighted by Crippen LogP contribution is 2.29. The average Bonchev–Trinajstić information content (AvgIpc) is 3.55. The topological polar surface area (TPSA) is 77.9 Å². The molecule has 3 heterocycles. The van der Waals surface area contributed by atoms with Gasteiger partial charge in [0.1, 0.15) is 11.3 Å². The lowest BCUT2D eigenvalue weighted by atomic mass is 10.1. The molecule has 0 aliphatic rings. The maximum Gasteiger partial charge on any atom is 0.263 e. The number of nitrogens with one attached hydrogen (secondary N) is 1. The molecule has 152 valence electrons. The summed E-state index contributed by atoms with van der Waals surface area (Å²) in [5.41, 5.74) is 2.48. The highest BCUT2D eigenvalue weighted by Gasteiger charge is 2.21. The largest absolute Gasteiger partial charge is 0.338 e. The van der Waals surface area contributed by atoms with Gasteiger partial charge in [0.25, 0.3) is 5.91 Å². The smallest absolute Gasteiger partial charge is 0.263 e. The Balaban J connectivity index is 1.48. The SMILES string of the molecule is O=C(Nc1cc(-c2ccccc2Cl)no1)c1cnn(-c2ccccc2)c1-n1cccc1. The molecule has 5 aromatic rings. The Bertz CT molecular complexity index is 1340. The lowest BCUT2D eigenvalue weighted by Crippen LogP contribution is -2.15. The van der Waals surface area contributed by atoms with E-state index in [1.807, 2.05) is 77.6 Å². The standard InChI is InChI=1S/C23H16ClN5O2/c24-19-11-5-4-10-17(19)20-14-21(31-27-20)26-22(30)18-15-25-29(16-8-2-1-3-9-16)23(18)28-12-6-7-13-28/h1-15H,(H,26,30). The lowest BCUT2D eigenvalue weighted by Gasteiger charge is -2.10. The summed E-state index contributed by atoms with van der Waals surface area (Å²) < 4.78 is 8.86. The maximum absolute atomic E-state index is 13.1. The number of amides is 1. The average molecular weight is 430 g/mol. The van der Waals surface area contributed by atoms with Crippen LogP contribution in [0.4, 0.5) is 5.88 Å². The molecule has 1 amide bonds. The van der Waals surface area contributed by atoms with Crippen LogP contribution in [0.25, 0.3) is 22.8 Å². The van der Waals surface area contributed by atoms with Gasteiger partial charge in [-0.1, -0.05) is 53.2 Å². The van der Waals surface area contributed by atoms with Gasteiger partial charge in [0.2, 0.25) is 5.88 Å². The third-order valence-corrected chi connectivity index (χ3v) is 5.06. The van der Waals surface area contributed by atoms with Crippen LogP contribution in [0.3, 0.4) is 0 Å². The van der Waals surface area contributed by atoms with Crippen molar-refractivity contribution in [3.63, 3.8) is 0 Å². The number of aromatic nitrogens is 4. The van der Waals surface area contributed by atoms with Crippen molar-refractivity contribution in [2.75, 3.05) is 5.32 Å². The molecule has 7 nitrogen and oxygen atoms in total. The Morgan fingerprint density at radius 3 is 2.48 bits per heavy atom. The van der Waals surface area contributed by atoms with Crippen LogP contribution < -0.4 is 5.32 Å². The van der Waals surface area contributed by atoms with Crippen molar-refractivity contribution < 1.29 is 9.32 Å². The monoisotopic (exact) mass is 429 g/mol. The molecule has 0 atom stereocenters. The first-order valence-corrected chi connectivity index (χ1v) is 9.88. The van der Waals surface area contributed by atoms with Crippen LogP contribution in [0.2, 0.25) is 5.02 Å². The number of carbonyl (C=O) groups is 1. The van der Waals surface area contributed by atoms with Gasteiger partial charge < -0.3 is 9.09 Å². The van der Waals surface area contributed by atoms with Crippen molar-refractivity contribution in [2.24, 2.45) is 0 Å². The lowest BCUT2D eigenvalue weighted by molar-refractivity contribution is 0.102. The van der Waals surface area contributed by atoms with Crippen molar-refractivity contribution in [1.29, 1.82) is 0 Å². The van der Waals surface area contributed by atoms with E-state index in [0.717, 1.165) is 11.3 Å². The van der Waals surface area contributed by atoms with Gasteiger partial charge in [-0.3, -0.25) is 10.1 Å². The zero-order valence-electron chi connectivity index (χ0n) is 16.1. The Labute approximate surface area is 182 Å². The van der Waals surface area contributed by atoms with E-state index in [1.54, 1.807) is 16.8 Å². The molecular weight excluding hydrogens is 414 g/mol. The second-order valence-electron chi connectivity index (χ2n) is 6.73. The third-order valence-electron chi connectivity index (χ3n) is 4.73. The van der Waals surface area contributed by atoms with Crippen molar-refractivity contribution in [3.05, 3.63) is 102 Å². The van der Waals surface area contributed by atoms with Crippen LogP contribution in [0.5, 0.6) is 0 Å². The third kappa shape index (κ3) is 3.62. The maximum atomic E-state index is 13.1. The van der Waals surface area contributed by atoms with E-state index in [-0.39, 0.29) is 11.8 Å². The van der Waals surface area contributed by atoms with Gasteiger partial charge in [-0.15, -0.1) is 0 Å². The van der Waals surface area contributed by atoms with Gasteiger partial charge in [0.15, 0.2) is 5.82 Å². The molecule has 8 heteroatoms. The van der Waals surface area contributed by atoms with Gasteiger partial charge in [-0.2, -0.15) is 5.10 Å². The molecule has 1 N–H and O–H groups in total. The highest BCUT2D eigenvalue weighted by molar-refractivity contribution is 6.33. The molecule has 2 aromatic carbocycles. The van der Waals surface area contributed by atoms with Gasteiger partial charge in [0, 0.05) is 24.0 Å². The fourth-order valence-electron chi connectivity index (χ4n) is 3.29. The van der Waals surface area contributed by atoms with Crippen molar-refractivity contribution in [2.45, 2.75) is 0 Å². The summed E-state index contributed by atoms with van der Waals surface area (Å²) in [6.07, 6.45) is 5.25. The zero-order valence-corrected chi connectivity index (χ0v) is 16.9. The summed E-state index contributed by atoms with van der Waals surface area (Å²) >= 11 is 6.23. The molecule has 0 bridgehead atoms. The summed E-state index contributed by atoms with van der Waals surface area (Å²) in [7, 11) is 0. The predicted octanol–water partition coefficient (Wildman–Crippen LogP) is 5.22. The van der Waals surface area contributed by atoms with E-state index in [1.165, 1.54) is 6.20 Å². The summed E-state index contributed by atoms with van der Waals surface area (Å²) in [5.74, 6) is 0.457. The Morgan fingerprint density at radius 2 is 1.71 bits per heavy atom. The van der Waals surface area contributed by atoms with Crippen molar-refractivity contribution in [1.82, 2.24) is 19.5 Å². The molecule has 0 radical (unpaired) electrons. The fourth-order valence-corrected chi connectivity index (χ4v) is 3.53. The Kier molecular flexibility index (Phi) is 4.86. The molecule has 3 aromatic heterocycles. The molecule has 5 rings (SSSR count). The van der Waals surface area contributed by atoms with E-state index in [0.29, 0.717) is 22.1 Å². The number of hydrogen-bond donors (Lipinski definition) is 1. The van der Waals surface area contributed by atoms with Crippen molar-refractivity contribution >= 4 is 23.4 Å². The number of halogens is 1. The Morgan fingerprint density at radius 1 is 0.968 bits per heavy atom. The van der Waals surface area contributed by atoms with Gasteiger partial charge >= 0.3 is 0 Å². The fraction of sp³-hybridized carbons (Fsp3) is 0. The molecule has 0 fully saturated rings. The first-order valence-electron chi connectivity index (χ1n) is 9.50. The van der Waals surface area contributed by atoms with Crippen LogP contribution in [0, 0.1) is 0 Å². The van der Waals surface area contributed by atoms with Crippen LogP contribution in [-0.4, -0.2) is 25.4 Å². The molecule has 31 heavy (non-hydrogen) atoms. The predicted molar refractivity (Wildman–Crippen MR) is 118 cm³/mol. The van der Waals surface area contributed by atoms with Gasteiger partial charge in [-0.05, 0) is 30.3 Å². The van der Waals surface area contributed by atoms with Crippen LogP contribution >= 0.6 is 11.6 Å². The number of benzene rings is 2. The number of hydrogen-bond acceptors (Lipinski definition) is 4. The molecule has 0 saturated carbocycles. The number of nitrogens with zero attached hydrogens (tertiary/aromatic N) is 4. The second kappa shape index (κ2) is 7.97. The van der Waals surface area contributed by atoms with Crippen molar-refractivity contribution in [3.8, 4) is 22.8 Å². The molecule has 0 saturated heterocycles. The Hall–Kier alpha value is -4.10. The summed E-state index contributed by atoms with van der Waals surface area (Å²) in [4.78, 5) is 13.1. The minimum atomic E-state index is -0.368. The molecule has 0 aliphatic carbocycles. The van der Waals surface area contributed by atoms with E-state index in [9.17, 15) is 4.79 Å². The molecule has 0 unspecified atom stereocenters. The quantitative estimate of drug-likeness (QED) is 0.415. The van der Waals surface area contributed by atoms with E-state index >= 15 is 0 Å². The first kappa shape index (κ1) is 18.9. The first-order chi connectivity index (χ1) is 15.2. The van der Waals surface area contributed by atoms with Crippen LogP contribution in [-0.2, 0) is 0 Å². The second-order valence-corrected chi connectivity index (χ2v) is 7.14. The molecule has 0 spiro atoms. The highest BCUT2D eigenvalue weighted by atomic mass is 35.5. The molecular formula is C23H16ClN5O2. The number of carbonyl (C=O) groups excluding carboxylic acids is 1. The van der Waals surface area contributed by atoms with E-state index in [2.05, 4.69) is 15.6 Å². The molecule has 0 aliphatic heterocycles. The number of anilines is 1. The van der Waals surface area contributed by atoms with Gasteiger partial charge in [0.05, 0.1) is 16.9 Å². The van der Waals surface area contributed by atoms with E-state index < -0.39 is 0 Å². The zero-order chi connectivity index (χ0) is 21.2.